The molecule has 0 radical (unpaired) electrons. The standard InChI is InChI=1S/C78H42N8O2/c79-43-46-15-13-18-47(39-46)48-19-14-20-51(40-48)76-82-77(62-33-31-49(54-21-3-1-16-52(54)44-80)41-68(62)85-64-27-9-5-25-60(64)72-66(85)37-35-58-56-23-7-11-29-70(56)87-74(58)72)84-78(83-76)63-34-32-50(55-22-4-2-17-53(55)45-81)42-69(63)86-65-28-10-6-26-61(65)73-67(86)38-36-59-57-24-8-12-30-71(57)88-75(59)73/h1-42H. The van der Waals surface area contributed by atoms with Gasteiger partial charge >= 0.3 is 0 Å². The fourth-order valence-corrected chi connectivity index (χ4v) is 13.2. The minimum atomic E-state index is 0.388. The molecule has 17 rings (SSSR count). The third-order valence-electron chi connectivity index (χ3n) is 17.1. The van der Waals surface area contributed by atoms with Gasteiger partial charge in [0.25, 0.3) is 0 Å². The lowest BCUT2D eigenvalue weighted by molar-refractivity contribution is 0.672. The largest absolute Gasteiger partial charge is 0.455 e. The second kappa shape index (κ2) is 19.7. The van der Waals surface area contributed by atoms with Crippen LogP contribution in [0.1, 0.15) is 16.7 Å². The number of nitriles is 3. The lowest BCUT2D eigenvalue weighted by Crippen LogP contribution is -2.06. The van der Waals surface area contributed by atoms with Gasteiger partial charge in [0.05, 0.1) is 79.1 Å². The topological polar surface area (TPSA) is 146 Å². The monoisotopic (exact) mass is 1120 g/mol. The molecule has 0 saturated heterocycles. The fourth-order valence-electron chi connectivity index (χ4n) is 13.2. The van der Waals surface area contributed by atoms with Gasteiger partial charge < -0.3 is 18.0 Å². The molecular formula is C78H42N8O2. The quantitative estimate of drug-likeness (QED) is 0.146. The molecule has 0 fully saturated rings. The van der Waals surface area contributed by atoms with Crippen molar-refractivity contribution in [1.82, 2.24) is 24.1 Å². The Morgan fingerprint density at radius 3 is 1.26 bits per heavy atom. The van der Waals surface area contributed by atoms with Crippen LogP contribution in [0.25, 0.3) is 166 Å². The van der Waals surface area contributed by atoms with Gasteiger partial charge in [-0.3, -0.25) is 0 Å². The highest BCUT2D eigenvalue weighted by Crippen LogP contribution is 2.46. The highest BCUT2D eigenvalue weighted by atomic mass is 16.3. The molecule has 10 heteroatoms. The van der Waals surface area contributed by atoms with E-state index in [4.69, 9.17) is 23.8 Å². The number of furan rings is 2. The minimum Gasteiger partial charge on any atom is -0.455 e. The number of hydrogen-bond donors (Lipinski definition) is 0. The van der Waals surface area contributed by atoms with E-state index in [1.54, 1.807) is 6.07 Å². The van der Waals surface area contributed by atoms with Gasteiger partial charge in [0.15, 0.2) is 17.5 Å². The number of hydrogen-bond acceptors (Lipinski definition) is 8. The number of rotatable bonds is 8. The molecule has 12 aromatic carbocycles. The van der Waals surface area contributed by atoms with Gasteiger partial charge in [0.1, 0.15) is 22.3 Å². The van der Waals surface area contributed by atoms with Crippen molar-refractivity contribution in [2.75, 3.05) is 0 Å². The maximum atomic E-state index is 10.6. The van der Waals surface area contributed by atoms with E-state index in [1.165, 1.54) is 0 Å². The average Bonchev–Trinajstić information content (AvgIpc) is 1.63. The number of aromatic nitrogens is 5. The van der Waals surface area contributed by atoms with E-state index >= 15 is 0 Å². The zero-order chi connectivity index (χ0) is 58.6. The number of para-hydroxylation sites is 4. The highest BCUT2D eigenvalue weighted by molar-refractivity contribution is 6.25. The summed E-state index contributed by atoms with van der Waals surface area (Å²) in [4.78, 5) is 16.7. The number of fused-ring (bicyclic) bond motifs is 14. The minimum absolute atomic E-state index is 0.388. The molecule has 5 heterocycles. The van der Waals surface area contributed by atoms with E-state index < -0.39 is 0 Å². The van der Waals surface area contributed by atoms with Crippen LogP contribution >= 0.6 is 0 Å². The molecule has 0 unspecified atom stereocenters. The van der Waals surface area contributed by atoms with Gasteiger partial charge in [-0.25, -0.2) is 15.0 Å². The fraction of sp³-hybridized carbons (Fsp3) is 0. The molecule has 0 saturated carbocycles. The zero-order valence-electron chi connectivity index (χ0n) is 46.6. The van der Waals surface area contributed by atoms with E-state index in [0.717, 1.165) is 138 Å². The summed E-state index contributed by atoms with van der Waals surface area (Å²) < 4.78 is 18.1. The molecule has 0 spiro atoms. The SMILES string of the molecule is N#Cc1cccc(-c2cccc(-c3nc(-c4ccc(-c5ccccc5C#N)cc4-n4c5ccccc5c5c6oc7ccccc7c6ccc54)nc(-c4ccc(-c5ccccc5C#N)cc4-n4c5ccccc5c5c6oc7ccccc7c6ccc54)n3)c2)c1. The normalized spacial score (nSPS) is 11.6. The molecule has 88 heavy (non-hydrogen) atoms. The summed E-state index contributed by atoms with van der Waals surface area (Å²) in [7, 11) is 0. The Bertz CT molecular complexity index is 5650. The molecular weight excluding hydrogens is 1080 g/mol. The Hall–Kier alpha value is -12.7. The lowest BCUT2D eigenvalue weighted by Gasteiger charge is -2.18. The van der Waals surface area contributed by atoms with Gasteiger partial charge in [-0.2, -0.15) is 15.8 Å². The Balaban J connectivity index is 0.981. The molecule has 0 aliphatic carbocycles. The highest BCUT2D eigenvalue weighted by Gasteiger charge is 2.27. The van der Waals surface area contributed by atoms with Crippen molar-refractivity contribution in [2.24, 2.45) is 0 Å². The van der Waals surface area contributed by atoms with Crippen LogP contribution in [0.3, 0.4) is 0 Å². The summed E-state index contributed by atoms with van der Waals surface area (Å²) in [5.74, 6) is 1.18. The van der Waals surface area contributed by atoms with Crippen LogP contribution in [-0.2, 0) is 0 Å². The molecule has 0 bridgehead atoms. The van der Waals surface area contributed by atoms with Crippen LogP contribution in [-0.4, -0.2) is 24.1 Å². The summed E-state index contributed by atoms with van der Waals surface area (Å²) in [6.07, 6.45) is 0. The van der Waals surface area contributed by atoms with Gasteiger partial charge in [-0.05, 0) is 137 Å². The van der Waals surface area contributed by atoms with Crippen LogP contribution < -0.4 is 0 Å². The Kier molecular flexibility index (Phi) is 11.2. The predicted octanol–water partition coefficient (Wildman–Crippen LogP) is 19.5. The summed E-state index contributed by atoms with van der Waals surface area (Å²) in [5.41, 5.74) is 17.1. The molecule has 0 aliphatic rings. The van der Waals surface area contributed by atoms with Crippen molar-refractivity contribution in [1.29, 1.82) is 15.8 Å². The first-order valence-electron chi connectivity index (χ1n) is 28.8. The van der Waals surface area contributed by atoms with Crippen LogP contribution in [0.4, 0.5) is 0 Å². The summed E-state index contributed by atoms with van der Waals surface area (Å²) in [6.45, 7) is 0. The lowest BCUT2D eigenvalue weighted by atomic mass is 9.97. The maximum absolute atomic E-state index is 10.6. The smallest absolute Gasteiger partial charge is 0.166 e. The number of benzene rings is 12. The van der Waals surface area contributed by atoms with E-state index in [0.29, 0.717) is 45.3 Å². The third-order valence-corrected chi connectivity index (χ3v) is 17.1. The predicted molar refractivity (Wildman–Crippen MR) is 350 cm³/mol. The maximum Gasteiger partial charge on any atom is 0.166 e. The second-order valence-electron chi connectivity index (χ2n) is 21.9. The van der Waals surface area contributed by atoms with E-state index in [1.807, 2.05) is 133 Å². The molecule has 0 aliphatic heterocycles. The van der Waals surface area contributed by atoms with Crippen molar-refractivity contribution >= 4 is 87.5 Å². The van der Waals surface area contributed by atoms with Crippen molar-refractivity contribution in [2.45, 2.75) is 0 Å². The Morgan fingerprint density at radius 1 is 0.295 bits per heavy atom. The first kappa shape index (κ1) is 49.9. The van der Waals surface area contributed by atoms with Crippen molar-refractivity contribution < 1.29 is 8.83 Å². The first-order valence-corrected chi connectivity index (χ1v) is 28.8. The van der Waals surface area contributed by atoms with Crippen LogP contribution in [0.2, 0.25) is 0 Å². The van der Waals surface area contributed by atoms with Gasteiger partial charge in [0.2, 0.25) is 0 Å². The molecule has 0 N–H and O–H groups in total. The van der Waals surface area contributed by atoms with Crippen molar-refractivity contribution in [3.63, 3.8) is 0 Å². The molecule has 406 valence electrons. The Morgan fingerprint density at radius 2 is 0.739 bits per heavy atom. The van der Waals surface area contributed by atoms with Crippen molar-refractivity contribution in [3.8, 4) is 97.1 Å². The van der Waals surface area contributed by atoms with Crippen LogP contribution in [0.5, 0.6) is 0 Å². The summed E-state index contributed by atoms with van der Waals surface area (Å²) >= 11 is 0. The molecule has 0 amide bonds. The van der Waals surface area contributed by atoms with Crippen LogP contribution in [0, 0.1) is 34.0 Å². The molecule has 5 aromatic heterocycles. The van der Waals surface area contributed by atoms with Gasteiger partial charge in [-0.1, -0.05) is 152 Å². The molecule has 10 nitrogen and oxygen atoms in total. The first-order chi connectivity index (χ1) is 43.5. The van der Waals surface area contributed by atoms with E-state index in [-0.39, 0.29) is 0 Å². The second-order valence-corrected chi connectivity index (χ2v) is 21.9. The van der Waals surface area contributed by atoms with E-state index in [9.17, 15) is 15.8 Å². The van der Waals surface area contributed by atoms with Gasteiger partial charge in [0, 0.05) is 49.0 Å². The third kappa shape index (κ3) is 7.69. The Labute approximate surface area is 502 Å². The number of nitrogens with zero attached hydrogens (tertiary/aromatic N) is 8. The summed E-state index contributed by atoms with van der Waals surface area (Å²) in [6, 6.07) is 92.3. The average molecular weight is 1120 g/mol. The molecule has 17 aromatic rings. The van der Waals surface area contributed by atoms with Crippen molar-refractivity contribution in [3.05, 3.63) is 271 Å². The van der Waals surface area contributed by atoms with Gasteiger partial charge in [-0.15, -0.1) is 0 Å². The van der Waals surface area contributed by atoms with Crippen LogP contribution in [0.15, 0.2) is 264 Å². The summed E-state index contributed by atoms with van der Waals surface area (Å²) in [5, 5.41) is 39.1. The zero-order valence-corrected chi connectivity index (χ0v) is 46.6. The molecule has 0 atom stereocenters. The van der Waals surface area contributed by atoms with E-state index in [2.05, 4.69) is 143 Å².